The van der Waals surface area contributed by atoms with E-state index in [1.165, 1.54) is 12.1 Å². The van der Waals surface area contributed by atoms with Crippen LogP contribution in [-0.4, -0.2) is 24.6 Å². The van der Waals surface area contributed by atoms with Gasteiger partial charge in [-0.3, -0.25) is 20.1 Å². The fraction of sp³-hybridized carbons (Fsp3) is 0.129. The second-order valence-corrected chi connectivity index (χ2v) is 11.3. The molecule has 1 aliphatic rings. The molecule has 3 aromatic heterocycles. The Morgan fingerprint density at radius 3 is 2.29 bits per heavy atom. The number of benzene rings is 2. The van der Waals surface area contributed by atoms with Gasteiger partial charge < -0.3 is 14.8 Å². The molecule has 6 rings (SSSR count). The number of nitrogens with one attached hydrogen (secondary N) is 1. The monoisotopic (exact) mass is 578 g/mol. The molecule has 5 aromatic rings. The zero-order valence-corrected chi connectivity index (χ0v) is 24.0. The fourth-order valence-electron chi connectivity index (χ4n) is 5.37. The minimum Gasteiger partial charge on any atom is -0.351 e. The first-order chi connectivity index (χ1) is 19.9. The number of aryl methyl sites for hydroxylation is 1. The van der Waals surface area contributed by atoms with Gasteiger partial charge in [0.25, 0.3) is 5.69 Å². The molecular weight excluding hydrogens is 553 g/mol. The molecule has 1 N–H and O–H groups in total. The van der Waals surface area contributed by atoms with E-state index in [0.717, 1.165) is 43.8 Å². The van der Waals surface area contributed by atoms with E-state index >= 15 is 0 Å². The third-order valence-corrected chi connectivity index (χ3v) is 8.52. The molecule has 4 heterocycles. The Morgan fingerprint density at radius 2 is 1.66 bits per heavy atom. The smallest absolute Gasteiger partial charge is 0.269 e. The van der Waals surface area contributed by atoms with Crippen molar-refractivity contribution in [1.29, 1.82) is 0 Å². The van der Waals surface area contributed by atoms with Crippen LogP contribution in [0.1, 0.15) is 34.7 Å². The van der Waals surface area contributed by atoms with Crippen molar-refractivity contribution in [3.63, 3.8) is 0 Å². The second kappa shape index (κ2) is 11.1. The largest absolute Gasteiger partial charge is 0.351 e. The number of hydrogen-bond acceptors (Lipinski definition) is 6. The van der Waals surface area contributed by atoms with Crippen LogP contribution in [0.4, 0.5) is 11.4 Å². The Kier molecular flexibility index (Phi) is 7.25. The van der Waals surface area contributed by atoms with Crippen LogP contribution < -0.4 is 10.2 Å². The highest BCUT2D eigenvalue weighted by Crippen LogP contribution is 2.44. The predicted molar refractivity (Wildman–Crippen MR) is 165 cm³/mol. The summed E-state index contributed by atoms with van der Waals surface area (Å²) in [4.78, 5) is 23.7. The van der Waals surface area contributed by atoms with Crippen molar-refractivity contribution in [2.45, 2.75) is 35.7 Å². The highest BCUT2D eigenvalue weighted by atomic mass is 32.2. The lowest BCUT2D eigenvalue weighted by atomic mass is 9.96. The molecule has 2 atom stereocenters. The predicted octanol–water partition coefficient (Wildman–Crippen LogP) is 7.12. The van der Waals surface area contributed by atoms with Gasteiger partial charge in [-0.05, 0) is 98.4 Å². The molecule has 0 saturated carbocycles. The molecule has 1 saturated heterocycles. The van der Waals surface area contributed by atoms with E-state index in [1.807, 2.05) is 48.8 Å². The van der Waals surface area contributed by atoms with Gasteiger partial charge in [-0.1, -0.05) is 17.8 Å². The molecule has 0 unspecified atom stereocenters. The third-order valence-electron chi connectivity index (χ3n) is 7.19. The van der Waals surface area contributed by atoms with Crippen molar-refractivity contribution in [1.82, 2.24) is 19.9 Å². The Bertz CT molecular complexity index is 1710. The lowest BCUT2D eigenvalue weighted by Gasteiger charge is -2.28. The number of pyridine rings is 2. The number of thiocarbonyl (C=S) groups is 1. The number of rotatable bonds is 7. The summed E-state index contributed by atoms with van der Waals surface area (Å²) in [6.07, 6.45) is 5.46. The van der Waals surface area contributed by atoms with Crippen LogP contribution >= 0.6 is 24.0 Å². The Balaban J connectivity index is 1.37. The molecule has 41 heavy (non-hydrogen) atoms. The van der Waals surface area contributed by atoms with Crippen molar-refractivity contribution < 1.29 is 4.92 Å². The first-order valence-corrected chi connectivity index (χ1v) is 14.3. The van der Waals surface area contributed by atoms with Gasteiger partial charge in [-0.25, -0.2) is 0 Å². The van der Waals surface area contributed by atoms with Gasteiger partial charge in [0.2, 0.25) is 0 Å². The molecule has 8 nitrogen and oxygen atoms in total. The Morgan fingerprint density at radius 1 is 0.927 bits per heavy atom. The zero-order chi connectivity index (χ0) is 28.5. The lowest BCUT2D eigenvalue weighted by Crippen LogP contribution is -2.29. The minimum absolute atomic E-state index is 0.0798. The van der Waals surface area contributed by atoms with E-state index in [4.69, 9.17) is 12.2 Å². The van der Waals surface area contributed by atoms with Gasteiger partial charge in [-0.15, -0.1) is 0 Å². The summed E-state index contributed by atoms with van der Waals surface area (Å²) in [5.74, 6) is 0. The molecule has 0 spiro atoms. The maximum absolute atomic E-state index is 11.0. The fourth-order valence-corrected chi connectivity index (χ4v) is 6.53. The highest BCUT2D eigenvalue weighted by Gasteiger charge is 2.42. The van der Waals surface area contributed by atoms with Crippen LogP contribution in [0.25, 0.3) is 5.69 Å². The SMILES string of the molecule is Cc1cc([C@@H]2[C@@H](c3ccccn3)NC(=S)N2c2ccc(Sc3ccc([N+](=O)[O-])cc3)cc2)c(C)n1-c1cccnc1. The number of nitro benzene ring substituents is 1. The number of nitrogens with zero attached hydrogens (tertiary/aromatic N) is 5. The van der Waals surface area contributed by atoms with Crippen molar-refractivity contribution >= 4 is 40.5 Å². The maximum atomic E-state index is 11.0. The summed E-state index contributed by atoms with van der Waals surface area (Å²) in [6.45, 7) is 4.24. The van der Waals surface area contributed by atoms with E-state index in [0.29, 0.717) is 5.11 Å². The average molecular weight is 579 g/mol. The molecule has 1 aliphatic heterocycles. The molecule has 2 aromatic carbocycles. The van der Waals surface area contributed by atoms with Crippen molar-refractivity contribution in [3.05, 3.63) is 136 Å². The quantitative estimate of drug-likeness (QED) is 0.124. The summed E-state index contributed by atoms with van der Waals surface area (Å²) in [6, 6.07) is 26.7. The van der Waals surface area contributed by atoms with Crippen LogP contribution in [0.3, 0.4) is 0 Å². The molecule has 1 fully saturated rings. The highest BCUT2D eigenvalue weighted by molar-refractivity contribution is 7.99. The summed E-state index contributed by atoms with van der Waals surface area (Å²) < 4.78 is 2.22. The van der Waals surface area contributed by atoms with E-state index in [9.17, 15) is 10.1 Å². The van der Waals surface area contributed by atoms with Crippen molar-refractivity contribution in [2.75, 3.05) is 4.90 Å². The lowest BCUT2D eigenvalue weighted by molar-refractivity contribution is -0.384. The van der Waals surface area contributed by atoms with Gasteiger partial charge in [0.15, 0.2) is 5.11 Å². The number of aromatic nitrogens is 3. The van der Waals surface area contributed by atoms with Crippen LogP contribution in [0, 0.1) is 24.0 Å². The summed E-state index contributed by atoms with van der Waals surface area (Å²) in [7, 11) is 0. The van der Waals surface area contributed by atoms with Crippen LogP contribution in [0.15, 0.2) is 113 Å². The topological polar surface area (TPSA) is 89.1 Å². The third kappa shape index (κ3) is 5.19. The van der Waals surface area contributed by atoms with E-state index in [-0.39, 0.29) is 22.7 Å². The summed E-state index contributed by atoms with van der Waals surface area (Å²) in [5, 5.41) is 15.2. The first-order valence-electron chi connectivity index (χ1n) is 13.0. The maximum Gasteiger partial charge on any atom is 0.269 e. The Labute approximate surface area is 247 Å². The van der Waals surface area contributed by atoms with Crippen LogP contribution in [0.5, 0.6) is 0 Å². The summed E-state index contributed by atoms with van der Waals surface area (Å²) in [5.41, 5.74) is 6.34. The van der Waals surface area contributed by atoms with Gasteiger partial charge in [0, 0.05) is 51.4 Å². The summed E-state index contributed by atoms with van der Waals surface area (Å²) >= 11 is 7.49. The first kappa shape index (κ1) is 26.7. The van der Waals surface area contributed by atoms with Crippen LogP contribution in [-0.2, 0) is 0 Å². The molecular formula is C31H26N6O2S2. The zero-order valence-electron chi connectivity index (χ0n) is 22.3. The molecule has 0 aliphatic carbocycles. The van der Waals surface area contributed by atoms with E-state index in [2.05, 4.69) is 62.9 Å². The van der Waals surface area contributed by atoms with Gasteiger partial charge >= 0.3 is 0 Å². The molecule has 10 heteroatoms. The normalized spacial score (nSPS) is 16.5. The average Bonchev–Trinajstić information content (AvgIpc) is 3.49. The number of non-ortho nitro benzene ring substituents is 1. The number of hydrogen-bond donors (Lipinski definition) is 1. The van der Waals surface area contributed by atoms with Crippen molar-refractivity contribution in [2.24, 2.45) is 0 Å². The molecule has 204 valence electrons. The molecule has 0 bridgehead atoms. The Hall–Kier alpha value is -4.54. The van der Waals surface area contributed by atoms with Crippen LogP contribution in [0.2, 0.25) is 0 Å². The molecule has 0 amide bonds. The van der Waals surface area contributed by atoms with Gasteiger partial charge in [0.05, 0.1) is 34.6 Å². The second-order valence-electron chi connectivity index (χ2n) is 9.72. The van der Waals surface area contributed by atoms with E-state index in [1.54, 1.807) is 30.1 Å². The number of nitro groups is 1. The standard InChI is InChI=1S/C31H26N6O2S2/c1-20-18-27(21(2)35(20)24-6-5-16-32-19-24)30-29(28-7-3-4-17-33-28)34-31(40)36(30)22-8-12-25(13-9-22)41-26-14-10-23(11-15-26)37(38)39/h3-19,29-30H,1-2H3,(H,34,40)/t29-,30-/m1/s1. The minimum atomic E-state index is -0.390. The van der Waals surface area contributed by atoms with E-state index < -0.39 is 0 Å². The van der Waals surface area contributed by atoms with Gasteiger partial charge in [0.1, 0.15) is 0 Å². The van der Waals surface area contributed by atoms with Crippen molar-refractivity contribution in [3.8, 4) is 5.69 Å². The van der Waals surface area contributed by atoms with Gasteiger partial charge in [-0.2, -0.15) is 0 Å². The molecule has 0 radical (unpaired) electrons. The number of anilines is 1.